The van der Waals surface area contributed by atoms with Gasteiger partial charge in [0.1, 0.15) is 23.0 Å². The molecule has 2 aliphatic rings. The largest absolute Gasteiger partial charge is 0.492 e. The summed E-state index contributed by atoms with van der Waals surface area (Å²) in [6, 6.07) is 10.1. The van der Waals surface area contributed by atoms with Gasteiger partial charge in [0, 0.05) is 23.8 Å². The van der Waals surface area contributed by atoms with Gasteiger partial charge in [-0.05, 0) is 68.1 Å². The first-order valence-electron chi connectivity index (χ1n) is 10.4. The van der Waals surface area contributed by atoms with Crippen molar-refractivity contribution in [3.8, 4) is 11.5 Å². The Kier molecular flexibility index (Phi) is 6.41. The Labute approximate surface area is 187 Å². The van der Waals surface area contributed by atoms with E-state index in [4.69, 9.17) is 21.1 Å². The van der Waals surface area contributed by atoms with Crippen LogP contribution in [-0.4, -0.2) is 44.9 Å². The van der Waals surface area contributed by atoms with Crippen molar-refractivity contribution in [3.63, 3.8) is 0 Å². The Morgan fingerprint density at radius 1 is 1.23 bits per heavy atom. The zero-order valence-corrected chi connectivity index (χ0v) is 18.8. The van der Waals surface area contributed by atoms with Gasteiger partial charge in [-0.3, -0.25) is 4.79 Å². The second-order valence-electron chi connectivity index (χ2n) is 7.66. The summed E-state index contributed by atoms with van der Waals surface area (Å²) in [5.74, 6) is 0.376. The van der Waals surface area contributed by atoms with Crippen molar-refractivity contribution in [1.82, 2.24) is 4.31 Å². The number of benzene rings is 2. The molecule has 0 spiro atoms. The second kappa shape index (κ2) is 9.06. The molecule has 1 N–H and O–H groups in total. The molecule has 2 heterocycles. The number of hydrogen-bond donors (Lipinski definition) is 1. The van der Waals surface area contributed by atoms with Gasteiger partial charge in [0.05, 0.1) is 12.5 Å². The van der Waals surface area contributed by atoms with Crippen LogP contribution in [0.2, 0.25) is 5.02 Å². The molecule has 166 valence electrons. The Bertz CT molecular complexity index is 1080. The third-order valence-corrected chi connectivity index (χ3v) is 7.65. The van der Waals surface area contributed by atoms with Crippen LogP contribution in [0.1, 0.15) is 25.3 Å². The second-order valence-corrected chi connectivity index (χ2v) is 10.0. The molecule has 7 nitrogen and oxygen atoms in total. The number of nitrogens with one attached hydrogen (secondary N) is 1. The van der Waals surface area contributed by atoms with E-state index in [-0.39, 0.29) is 23.2 Å². The molecule has 0 aromatic heterocycles. The molecule has 1 unspecified atom stereocenters. The Morgan fingerprint density at radius 3 is 2.74 bits per heavy atom. The number of nitrogens with zero attached hydrogens (tertiary/aromatic N) is 1. The zero-order valence-electron chi connectivity index (χ0n) is 17.3. The lowest BCUT2D eigenvalue weighted by Crippen LogP contribution is -2.32. The van der Waals surface area contributed by atoms with Crippen LogP contribution in [0.4, 0.5) is 5.69 Å². The van der Waals surface area contributed by atoms with Crippen molar-refractivity contribution < 1.29 is 22.7 Å². The minimum absolute atomic E-state index is 0.0751. The summed E-state index contributed by atoms with van der Waals surface area (Å²) in [6.07, 6.45) is 2.18. The first kappa shape index (κ1) is 21.9. The summed E-state index contributed by atoms with van der Waals surface area (Å²) in [5.41, 5.74) is 1.28. The van der Waals surface area contributed by atoms with Gasteiger partial charge in [-0.25, -0.2) is 8.42 Å². The van der Waals surface area contributed by atoms with Crippen LogP contribution in [0.5, 0.6) is 11.5 Å². The molecule has 2 aliphatic heterocycles. The number of halogens is 1. The van der Waals surface area contributed by atoms with Crippen molar-refractivity contribution >= 4 is 33.2 Å². The highest BCUT2D eigenvalue weighted by molar-refractivity contribution is 7.89. The van der Waals surface area contributed by atoms with E-state index in [1.165, 1.54) is 10.4 Å². The molecule has 0 radical (unpaired) electrons. The van der Waals surface area contributed by atoms with E-state index >= 15 is 0 Å². The fraction of sp³-hybridized carbons (Fsp3) is 0.409. The Morgan fingerprint density at radius 2 is 2.00 bits per heavy atom. The lowest BCUT2D eigenvalue weighted by Gasteiger charge is -2.25. The molecular formula is C22H25ClN2O5S. The molecule has 2 aromatic carbocycles. The lowest BCUT2D eigenvalue weighted by atomic mass is 9.96. The van der Waals surface area contributed by atoms with Crippen LogP contribution >= 0.6 is 11.6 Å². The van der Waals surface area contributed by atoms with E-state index in [9.17, 15) is 13.2 Å². The van der Waals surface area contributed by atoms with Gasteiger partial charge in [-0.2, -0.15) is 4.31 Å². The average molecular weight is 465 g/mol. The molecule has 1 amide bonds. The van der Waals surface area contributed by atoms with Crippen LogP contribution in [-0.2, 0) is 21.2 Å². The number of ether oxygens (including phenoxy) is 2. The van der Waals surface area contributed by atoms with Crippen LogP contribution in [0.15, 0.2) is 41.3 Å². The third kappa shape index (κ3) is 4.66. The van der Waals surface area contributed by atoms with Crippen molar-refractivity contribution in [2.75, 3.05) is 31.6 Å². The van der Waals surface area contributed by atoms with Gasteiger partial charge in [0.25, 0.3) is 0 Å². The SMILES string of the molecule is CCOc1ccc(NC(=O)C2COc3ccc(Cl)cc3C2)cc1S(=O)(=O)N1CCCC1. The minimum atomic E-state index is -3.70. The van der Waals surface area contributed by atoms with Gasteiger partial charge in [0.2, 0.25) is 15.9 Å². The molecule has 9 heteroatoms. The van der Waals surface area contributed by atoms with E-state index in [0.29, 0.717) is 36.8 Å². The maximum atomic E-state index is 13.1. The molecule has 1 atom stereocenters. The number of sulfonamides is 1. The normalized spacial score (nSPS) is 18.8. The first-order valence-corrected chi connectivity index (χ1v) is 12.2. The van der Waals surface area contributed by atoms with E-state index in [0.717, 1.165) is 24.2 Å². The lowest BCUT2D eigenvalue weighted by molar-refractivity contribution is -0.121. The molecular weight excluding hydrogens is 440 g/mol. The standard InChI is InChI=1S/C22H25ClN2O5S/c1-2-29-20-8-6-18(13-21(20)31(27,28)25-9-3-4-10-25)24-22(26)16-11-15-12-17(23)5-7-19(15)30-14-16/h5-8,12-13,16H,2-4,9-11,14H2,1H3,(H,24,26). The topological polar surface area (TPSA) is 84.9 Å². The molecule has 0 saturated carbocycles. The fourth-order valence-electron chi connectivity index (χ4n) is 3.91. The zero-order chi connectivity index (χ0) is 22.0. The smallest absolute Gasteiger partial charge is 0.246 e. The summed E-state index contributed by atoms with van der Waals surface area (Å²) < 4.78 is 39.0. The third-order valence-electron chi connectivity index (χ3n) is 5.49. The number of rotatable bonds is 6. The molecule has 0 bridgehead atoms. The quantitative estimate of drug-likeness (QED) is 0.704. The number of anilines is 1. The summed E-state index contributed by atoms with van der Waals surface area (Å²) in [6.45, 7) is 3.37. The number of carbonyl (C=O) groups is 1. The monoisotopic (exact) mass is 464 g/mol. The highest BCUT2D eigenvalue weighted by Crippen LogP contribution is 2.33. The molecule has 0 aliphatic carbocycles. The maximum absolute atomic E-state index is 13.1. The highest BCUT2D eigenvalue weighted by atomic mass is 35.5. The van der Waals surface area contributed by atoms with Gasteiger partial charge in [0.15, 0.2) is 0 Å². The molecule has 2 aromatic rings. The minimum Gasteiger partial charge on any atom is -0.492 e. The molecule has 1 saturated heterocycles. The average Bonchev–Trinajstić information content (AvgIpc) is 3.30. The number of fused-ring (bicyclic) bond motifs is 1. The van der Waals surface area contributed by atoms with Crippen LogP contribution in [0.3, 0.4) is 0 Å². The van der Waals surface area contributed by atoms with E-state index in [1.807, 2.05) is 0 Å². The summed E-state index contributed by atoms with van der Waals surface area (Å²) in [4.78, 5) is 12.9. The van der Waals surface area contributed by atoms with Gasteiger partial charge < -0.3 is 14.8 Å². The van der Waals surface area contributed by atoms with Gasteiger partial charge in [-0.1, -0.05) is 11.6 Å². The van der Waals surface area contributed by atoms with Crippen molar-refractivity contribution in [2.45, 2.75) is 31.1 Å². The number of amides is 1. The van der Waals surface area contributed by atoms with Crippen LogP contribution in [0.25, 0.3) is 0 Å². The Balaban J connectivity index is 1.55. The van der Waals surface area contributed by atoms with Crippen LogP contribution < -0.4 is 14.8 Å². The van der Waals surface area contributed by atoms with E-state index in [2.05, 4.69) is 5.32 Å². The van der Waals surface area contributed by atoms with E-state index < -0.39 is 15.9 Å². The van der Waals surface area contributed by atoms with Crippen molar-refractivity contribution in [2.24, 2.45) is 5.92 Å². The number of hydrogen-bond acceptors (Lipinski definition) is 5. The summed E-state index contributed by atoms with van der Waals surface area (Å²) in [5, 5.41) is 3.43. The predicted octanol–water partition coefficient (Wildman–Crippen LogP) is 3.71. The summed E-state index contributed by atoms with van der Waals surface area (Å²) in [7, 11) is -3.70. The van der Waals surface area contributed by atoms with Gasteiger partial charge in [-0.15, -0.1) is 0 Å². The molecule has 1 fully saturated rings. The van der Waals surface area contributed by atoms with Crippen molar-refractivity contribution in [1.29, 1.82) is 0 Å². The predicted molar refractivity (Wildman–Crippen MR) is 118 cm³/mol. The molecule has 31 heavy (non-hydrogen) atoms. The highest BCUT2D eigenvalue weighted by Gasteiger charge is 2.31. The number of carbonyl (C=O) groups excluding carboxylic acids is 1. The van der Waals surface area contributed by atoms with E-state index in [1.54, 1.807) is 37.3 Å². The van der Waals surface area contributed by atoms with Gasteiger partial charge >= 0.3 is 0 Å². The maximum Gasteiger partial charge on any atom is 0.246 e. The van der Waals surface area contributed by atoms with Crippen molar-refractivity contribution in [3.05, 3.63) is 47.0 Å². The molecule has 4 rings (SSSR count). The first-order chi connectivity index (χ1) is 14.9. The Hall–Kier alpha value is -2.29. The summed E-state index contributed by atoms with van der Waals surface area (Å²) >= 11 is 6.06. The van der Waals surface area contributed by atoms with Crippen LogP contribution in [0, 0.1) is 5.92 Å². The fourth-order valence-corrected chi connectivity index (χ4v) is 5.77.